The molecule has 8 nitrogen and oxygen atoms in total. The first kappa shape index (κ1) is 21.0. The molecule has 1 aromatic heterocycles. The molecule has 3 rings (SSSR count). The number of piperidine rings is 1. The van der Waals surface area contributed by atoms with Crippen molar-refractivity contribution in [1.29, 1.82) is 0 Å². The minimum atomic E-state index is -3.54. The molecule has 1 aromatic rings. The SMILES string of the molecule is CCCNC(=O)N(C1CCOCC1)C1CCN(S(=O)(=O)c2cccnc2)CC1. The first-order chi connectivity index (χ1) is 13.5. The Balaban J connectivity index is 1.68. The van der Waals surface area contributed by atoms with Gasteiger partial charge in [-0.05, 0) is 44.2 Å². The van der Waals surface area contributed by atoms with Gasteiger partial charge in [-0.25, -0.2) is 13.2 Å². The van der Waals surface area contributed by atoms with Crippen LogP contribution in [0.15, 0.2) is 29.4 Å². The van der Waals surface area contributed by atoms with E-state index in [0.29, 0.717) is 45.7 Å². The van der Waals surface area contributed by atoms with Crippen LogP contribution in [0.5, 0.6) is 0 Å². The van der Waals surface area contributed by atoms with Crippen LogP contribution in [0.3, 0.4) is 0 Å². The molecule has 2 amide bonds. The van der Waals surface area contributed by atoms with Crippen LogP contribution in [0.4, 0.5) is 4.79 Å². The highest BCUT2D eigenvalue weighted by Crippen LogP contribution is 2.26. The maximum Gasteiger partial charge on any atom is 0.317 e. The van der Waals surface area contributed by atoms with Crippen molar-refractivity contribution in [3.8, 4) is 0 Å². The van der Waals surface area contributed by atoms with Crippen molar-refractivity contribution in [1.82, 2.24) is 19.5 Å². The molecule has 2 aliphatic rings. The van der Waals surface area contributed by atoms with Gasteiger partial charge >= 0.3 is 6.03 Å². The number of ether oxygens (including phenoxy) is 1. The molecule has 156 valence electrons. The van der Waals surface area contributed by atoms with E-state index < -0.39 is 10.0 Å². The fourth-order valence-electron chi connectivity index (χ4n) is 3.93. The van der Waals surface area contributed by atoms with Crippen molar-refractivity contribution in [2.24, 2.45) is 0 Å². The zero-order valence-corrected chi connectivity index (χ0v) is 17.2. The monoisotopic (exact) mass is 410 g/mol. The fraction of sp³-hybridized carbons (Fsp3) is 0.684. The molecular formula is C19H30N4O4S. The molecule has 0 atom stereocenters. The zero-order chi connectivity index (χ0) is 20.0. The van der Waals surface area contributed by atoms with Gasteiger partial charge in [0.1, 0.15) is 4.90 Å². The highest BCUT2D eigenvalue weighted by atomic mass is 32.2. The van der Waals surface area contributed by atoms with Gasteiger partial charge in [0.15, 0.2) is 0 Å². The van der Waals surface area contributed by atoms with Gasteiger partial charge in [0.25, 0.3) is 0 Å². The molecule has 0 bridgehead atoms. The maximum absolute atomic E-state index is 12.8. The number of sulfonamides is 1. The highest BCUT2D eigenvalue weighted by Gasteiger charge is 2.36. The molecule has 2 fully saturated rings. The lowest BCUT2D eigenvalue weighted by atomic mass is 9.99. The first-order valence-electron chi connectivity index (χ1n) is 10.1. The fourth-order valence-corrected chi connectivity index (χ4v) is 5.36. The summed E-state index contributed by atoms with van der Waals surface area (Å²) >= 11 is 0. The third kappa shape index (κ3) is 4.82. The number of amides is 2. The molecule has 0 aromatic carbocycles. The molecule has 0 unspecified atom stereocenters. The predicted molar refractivity (Wildman–Crippen MR) is 105 cm³/mol. The van der Waals surface area contributed by atoms with Gasteiger partial charge in [-0.2, -0.15) is 4.31 Å². The Morgan fingerprint density at radius 2 is 1.93 bits per heavy atom. The van der Waals surface area contributed by atoms with E-state index in [4.69, 9.17) is 4.74 Å². The Hall–Kier alpha value is -1.71. The van der Waals surface area contributed by atoms with Crippen molar-refractivity contribution in [3.05, 3.63) is 24.5 Å². The predicted octanol–water partition coefficient (Wildman–Crippen LogP) is 1.84. The molecule has 0 aliphatic carbocycles. The average Bonchev–Trinajstić information content (AvgIpc) is 2.74. The maximum atomic E-state index is 12.8. The summed E-state index contributed by atoms with van der Waals surface area (Å²) in [5.74, 6) is 0. The number of nitrogens with zero attached hydrogens (tertiary/aromatic N) is 3. The van der Waals surface area contributed by atoms with Gasteiger partial charge in [-0.3, -0.25) is 4.98 Å². The summed E-state index contributed by atoms with van der Waals surface area (Å²) in [6, 6.07) is 3.35. The quantitative estimate of drug-likeness (QED) is 0.773. The van der Waals surface area contributed by atoms with Crippen LogP contribution < -0.4 is 5.32 Å². The van der Waals surface area contributed by atoms with Crippen LogP contribution >= 0.6 is 0 Å². The van der Waals surface area contributed by atoms with Crippen molar-refractivity contribution in [2.75, 3.05) is 32.8 Å². The number of carbonyl (C=O) groups excluding carboxylic acids is 1. The topological polar surface area (TPSA) is 91.8 Å². The molecule has 2 aliphatic heterocycles. The molecule has 0 radical (unpaired) electrons. The van der Waals surface area contributed by atoms with Gasteiger partial charge in [0.2, 0.25) is 10.0 Å². The summed E-state index contributed by atoms with van der Waals surface area (Å²) in [6.07, 6.45) is 6.75. The number of hydrogen-bond donors (Lipinski definition) is 1. The second-order valence-corrected chi connectivity index (χ2v) is 9.24. The van der Waals surface area contributed by atoms with E-state index in [1.54, 1.807) is 18.3 Å². The normalized spacial score (nSPS) is 20.0. The van der Waals surface area contributed by atoms with Gasteiger partial charge in [-0.15, -0.1) is 0 Å². The Morgan fingerprint density at radius 3 is 2.54 bits per heavy atom. The Kier molecular flexibility index (Phi) is 7.25. The Bertz CT molecular complexity index is 730. The van der Waals surface area contributed by atoms with E-state index in [2.05, 4.69) is 10.3 Å². The van der Waals surface area contributed by atoms with E-state index in [-0.39, 0.29) is 23.0 Å². The van der Waals surface area contributed by atoms with E-state index in [9.17, 15) is 13.2 Å². The van der Waals surface area contributed by atoms with Crippen molar-refractivity contribution < 1.29 is 17.9 Å². The molecule has 3 heterocycles. The second-order valence-electron chi connectivity index (χ2n) is 7.31. The second kappa shape index (κ2) is 9.67. The summed E-state index contributed by atoms with van der Waals surface area (Å²) in [6.45, 7) is 4.81. The molecule has 1 N–H and O–H groups in total. The highest BCUT2D eigenvalue weighted by molar-refractivity contribution is 7.89. The largest absolute Gasteiger partial charge is 0.381 e. The Morgan fingerprint density at radius 1 is 1.25 bits per heavy atom. The number of carbonyl (C=O) groups is 1. The van der Waals surface area contributed by atoms with Crippen molar-refractivity contribution in [3.63, 3.8) is 0 Å². The summed E-state index contributed by atoms with van der Waals surface area (Å²) in [7, 11) is -3.54. The third-order valence-corrected chi connectivity index (χ3v) is 7.32. The van der Waals surface area contributed by atoms with Crippen LogP contribution in [-0.4, -0.2) is 73.6 Å². The van der Waals surface area contributed by atoms with Crippen LogP contribution in [0, 0.1) is 0 Å². The van der Waals surface area contributed by atoms with Crippen LogP contribution in [-0.2, 0) is 14.8 Å². The van der Waals surface area contributed by atoms with Gasteiger partial charge in [0, 0.05) is 57.3 Å². The van der Waals surface area contributed by atoms with E-state index in [0.717, 1.165) is 19.3 Å². The van der Waals surface area contributed by atoms with E-state index in [1.165, 1.54) is 10.5 Å². The molecule has 0 saturated carbocycles. The van der Waals surface area contributed by atoms with Crippen molar-refractivity contribution in [2.45, 2.75) is 56.0 Å². The minimum Gasteiger partial charge on any atom is -0.381 e. The number of urea groups is 1. The smallest absolute Gasteiger partial charge is 0.317 e. The molecule has 0 spiro atoms. The number of aromatic nitrogens is 1. The summed E-state index contributed by atoms with van der Waals surface area (Å²) in [5, 5.41) is 3.00. The van der Waals surface area contributed by atoms with E-state index in [1.807, 2.05) is 11.8 Å². The number of rotatable bonds is 6. The first-order valence-corrected chi connectivity index (χ1v) is 11.5. The lowest BCUT2D eigenvalue weighted by Gasteiger charge is -2.43. The summed E-state index contributed by atoms with van der Waals surface area (Å²) in [4.78, 5) is 18.9. The Labute approximate surface area is 167 Å². The summed E-state index contributed by atoms with van der Waals surface area (Å²) in [5.41, 5.74) is 0. The van der Waals surface area contributed by atoms with Gasteiger partial charge < -0.3 is 15.0 Å². The minimum absolute atomic E-state index is 0.0395. The molecular weight excluding hydrogens is 380 g/mol. The lowest BCUT2D eigenvalue weighted by molar-refractivity contribution is 0.0255. The molecule has 9 heteroatoms. The van der Waals surface area contributed by atoms with E-state index >= 15 is 0 Å². The zero-order valence-electron chi connectivity index (χ0n) is 16.4. The third-order valence-electron chi connectivity index (χ3n) is 5.43. The van der Waals surface area contributed by atoms with Gasteiger partial charge in [-0.1, -0.05) is 6.92 Å². The number of nitrogens with one attached hydrogen (secondary N) is 1. The van der Waals surface area contributed by atoms with Crippen molar-refractivity contribution >= 4 is 16.1 Å². The molecule has 2 saturated heterocycles. The van der Waals surface area contributed by atoms with Crippen LogP contribution in [0.2, 0.25) is 0 Å². The molecule has 28 heavy (non-hydrogen) atoms. The van der Waals surface area contributed by atoms with Gasteiger partial charge in [0.05, 0.1) is 0 Å². The lowest BCUT2D eigenvalue weighted by Crippen LogP contribution is -2.56. The number of hydrogen-bond acceptors (Lipinski definition) is 5. The summed E-state index contributed by atoms with van der Waals surface area (Å²) < 4.78 is 32.6. The number of pyridine rings is 1. The standard InChI is InChI=1S/C19H30N4O4S/c1-2-9-21-19(24)23(17-7-13-27-14-8-17)16-5-11-22(12-6-16)28(25,26)18-4-3-10-20-15-18/h3-4,10,15-17H,2,5-9,11-14H2,1H3,(H,21,24). The van der Waals surface area contributed by atoms with Crippen LogP contribution in [0.25, 0.3) is 0 Å². The average molecular weight is 411 g/mol. The van der Waals surface area contributed by atoms with Crippen LogP contribution in [0.1, 0.15) is 39.0 Å².